The number of hydrogen-bond acceptors (Lipinski definition) is 3. The van der Waals surface area contributed by atoms with Crippen LogP contribution in [0.4, 0.5) is 9.18 Å². The normalized spacial score (nSPS) is 10.3. The van der Waals surface area contributed by atoms with Gasteiger partial charge in [-0.15, -0.1) is 0 Å². The van der Waals surface area contributed by atoms with E-state index >= 15 is 0 Å². The van der Waals surface area contributed by atoms with Crippen molar-refractivity contribution in [2.24, 2.45) is 0 Å². The summed E-state index contributed by atoms with van der Waals surface area (Å²) in [4.78, 5) is 11.6. The number of aryl methyl sites for hydroxylation is 1. The molecule has 0 amide bonds. The Bertz CT molecular complexity index is 591. The van der Waals surface area contributed by atoms with Crippen molar-refractivity contribution in [3.05, 3.63) is 59.9 Å². The van der Waals surface area contributed by atoms with Crippen LogP contribution in [0, 0.1) is 5.82 Å². The van der Waals surface area contributed by atoms with Crippen LogP contribution in [0.5, 0.6) is 11.5 Å². The zero-order valence-corrected chi connectivity index (χ0v) is 12.5. The van der Waals surface area contributed by atoms with E-state index in [1.165, 1.54) is 42.7 Å². The van der Waals surface area contributed by atoms with Crippen LogP contribution in [0.1, 0.15) is 31.7 Å². The van der Waals surface area contributed by atoms with Crippen molar-refractivity contribution in [3.63, 3.8) is 0 Å². The molecule has 116 valence electrons. The highest BCUT2D eigenvalue weighted by Crippen LogP contribution is 2.16. The summed E-state index contributed by atoms with van der Waals surface area (Å²) in [7, 11) is 0. The van der Waals surface area contributed by atoms with Gasteiger partial charge in [0.25, 0.3) is 0 Å². The number of halogens is 1. The average Bonchev–Trinajstić information content (AvgIpc) is 2.51. The van der Waals surface area contributed by atoms with Crippen LogP contribution in [0.25, 0.3) is 0 Å². The van der Waals surface area contributed by atoms with Crippen molar-refractivity contribution in [3.8, 4) is 11.5 Å². The van der Waals surface area contributed by atoms with Gasteiger partial charge in [-0.05, 0) is 54.8 Å². The molecule has 2 aromatic carbocycles. The lowest BCUT2D eigenvalue weighted by Gasteiger charge is -2.06. The maximum absolute atomic E-state index is 12.7. The summed E-state index contributed by atoms with van der Waals surface area (Å²) in [5.41, 5.74) is 1.22. The fourth-order valence-corrected chi connectivity index (χ4v) is 2.02. The fourth-order valence-electron chi connectivity index (χ4n) is 2.02. The molecule has 0 aliphatic rings. The highest BCUT2D eigenvalue weighted by molar-refractivity contribution is 5.67. The van der Waals surface area contributed by atoms with Gasteiger partial charge in [0.05, 0.1) is 0 Å². The molecule has 0 bridgehead atoms. The summed E-state index contributed by atoms with van der Waals surface area (Å²) >= 11 is 0. The number of benzene rings is 2. The second kappa shape index (κ2) is 8.17. The van der Waals surface area contributed by atoms with Crippen molar-refractivity contribution < 1.29 is 18.7 Å². The van der Waals surface area contributed by atoms with Crippen molar-refractivity contribution in [2.45, 2.75) is 32.6 Å². The molecule has 0 saturated carbocycles. The van der Waals surface area contributed by atoms with Crippen LogP contribution in [0.3, 0.4) is 0 Å². The predicted octanol–water partition coefficient (Wildman–Crippen LogP) is 5.14. The molecule has 3 nitrogen and oxygen atoms in total. The van der Waals surface area contributed by atoms with Gasteiger partial charge in [0, 0.05) is 0 Å². The van der Waals surface area contributed by atoms with Crippen LogP contribution in [-0.4, -0.2) is 6.16 Å². The molecule has 0 spiro atoms. The Balaban J connectivity index is 1.84. The molecule has 2 aromatic rings. The Morgan fingerprint density at radius 3 is 2.00 bits per heavy atom. The zero-order chi connectivity index (χ0) is 15.8. The quantitative estimate of drug-likeness (QED) is 0.421. The lowest BCUT2D eigenvalue weighted by Crippen LogP contribution is -2.13. The van der Waals surface area contributed by atoms with Gasteiger partial charge in [-0.2, -0.15) is 0 Å². The Morgan fingerprint density at radius 2 is 1.45 bits per heavy atom. The largest absolute Gasteiger partial charge is 0.519 e. The van der Waals surface area contributed by atoms with E-state index in [2.05, 4.69) is 6.92 Å². The van der Waals surface area contributed by atoms with E-state index in [1.54, 1.807) is 12.1 Å². The summed E-state index contributed by atoms with van der Waals surface area (Å²) in [5, 5.41) is 0. The molecule has 0 heterocycles. The van der Waals surface area contributed by atoms with E-state index in [4.69, 9.17) is 9.47 Å². The smallest absolute Gasteiger partial charge is 0.395 e. The molecule has 0 aromatic heterocycles. The molecule has 0 saturated heterocycles. The lowest BCUT2D eigenvalue weighted by molar-refractivity contribution is 0.152. The number of carbonyl (C=O) groups excluding carboxylic acids is 1. The summed E-state index contributed by atoms with van der Waals surface area (Å²) < 4.78 is 22.8. The monoisotopic (exact) mass is 302 g/mol. The summed E-state index contributed by atoms with van der Waals surface area (Å²) in [6.07, 6.45) is 3.74. The van der Waals surface area contributed by atoms with Gasteiger partial charge in [-0.3, -0.25) is 0 Å². The van der Waals surface area contributed by atoms with E-state index in [9.17, 15) is 9.18 Å². The molecule has 22 heavy (non-hydrogen) atoms. The summed E-state index contributed by atoms with van der Waals surface area (Å²) in [5.74, 6) is 0.272. The molecular formula is C18H19FO3. The van der Waals surface area contributed by atoms with Gasteiger partial charge in [-0.1, -0.05) is 31.9 Å². The topological polar surface area (TPSA) is 35.5 Å². The number of carbonyl (C=O) groups is 1. The van der Waals surface area contributed by atoms with Crippen molar-refractivity contribution >= 4 is 6.16 Å². The molecule has 0 aliphatic heterocycles. The zero-order valence-electron chi connectivity index (χ0n) is 12.5. The third-order valence-corrected chi connectivity index (χ3v) is 3.21. The van der Waals surface area contributed by atoms with Crippen LogP contribution in [-0.2, 0) is 6.42 Å². The van der Waals surface area contributed by atoms with Crippen LogP contribution in [0.15, 0.2) is 48.5 Å². The first kappa shape index (κ1) is 16.0. The van der Waals surface area contributed by atoms with Gasteiger partial charge in [0.2, 0.25) is 0 Å². The number of hydrogen-bond donors (Lipinski definition) is 0. The molecule has 0 aliphatic carbocycles. The maximum Gasteiger partial charge on any atom is 0.519 e. The van der Waals surface area contributed by atoms with Gasteiger partial charge in [0.1, 0.15) is 17.3 Å². The third-order valence-electron chi connectivity index (χ3n) is 3.21. The van der Waals surface area contributed by atoms with Gasteiger partial charge >= 0.3 is 6.16 Å². The van der Waals surface area contributed by atoms with E-state index in [0.717, 1.165) is 12.8 Å². The highest BCUT2D eigenvalue weighted by Gasteiger charge is 2.08. The lowest BCUT2D eigenvalue weighted by atomic mass is 10.1. The average molecular weight is 302 g/mol. The second-order valence-corrected chi connectivity index (χ2v) is 5.01. The third kappa shape index (κ3) is 5.20. The number of unbranched alkanes of at least 4 members (excludes halogenated alkanes) is 2. The van der Waals surface area contributed by atoms with Gasteiger partial charge in [0.15, 0.2) is 0 Å². The summed E-state index contributed by atoms with van der Waals surface area (Å²) in [6.45, 7) is 2.17. The molecule has 0 radical (unpaired) electrons. The summed E-state index contributed by atoms with van der Waals surface area (Å²) in [6, 6.07) is 12.5. The second-order valence-electron chi connectivity index (χ2n) is 5.01. The Hall–Kier alpha value is -2.36. The van der Waals surface area contributed by atoms with Crippen LogP contribution in [0.2, 0.25) is 0 Å². The maximum atomic E-state index is 12.7. The van der Waals surface area contributed by atoms with Crippen molar-refractivity contribution in [1.29, 1.82) is 0 Å². The minimum absolute atomic E-state index is 0.239. The minimum atomic E-state index is -0.842. The van der Waals surface area contributed by atoms with Gasteiger partial charge < -0.3 is 9.47 Å². The minimum Gasteiger partial charge on any atom is -0.395 e. The first-order valence-electron chi connectivity index (χ1n) is 7.41. The Labute approximate surface area is 129 Å². The Morgan fingerprint density at radius 1 is 0.909 bits per heavy atom. The molecule has 2 rings (SSSR count). The van der Waals surface area contributed by atoms with Crippen molar-refractivity contribution in [2.75, 3.05) is 0 Å². The van der Waals surface area contributed by atoms with Crippen LogP contribution < -0.4 is 9.47 Å². The molecule has 0 unspecified atom stereocenters. The molecule has 4 heteroatoms. The Kier molecular flexibility index (Phi) is 5.95. The van der Waals surface area contributed by atoms with E-state index in [-0.39, 0.29) is 11.6 Å². The fraction of sp³-hybridized carbons (Fsp3) is 0.278. The first-order valence-corrected chi connectivity index (χ1v) is 7.41. The van der Waals surface area contributed by atoms with E-state index < -0.39 is 6.16 Å². The molecule has 0 N–H and O–H groups in total. The number of ether oxygens (including phenoxy) is 2. The molecule has 0 atom stereocenters. The van der Waals surface area contributed by atoms with E-state index in [0.29, 0.717) is 5.75 Å². The van der Waals surface area contributed by atoms with E-state index in [1.807, 2.05) is 12.1 Å². The highest BCUT2D eigenvalue weighted by atomic mass is 19.1. The van der Waals surface area contributed by atoms with Gasteiger partial charge in [-0.25, -0.2) is 9.18 Å². The number of rotatable bonds is 6. The van der Waals surface area contributed by atoms with Crippen molar-refractivity contribution in [1.82, 2.24) is 0 Å². The first-order chi connectivity index (χ1) is 10.7. The standard InChI is InChI=1S/C18H19FO3/c1-2-3-4-5-14-6-10-16(11-7-14)21-18(20)22-17-12-8-15(19)9-13-17/h6-13H,2-5H2,1H3. The molecular weight excluding hydrogens is 283 g/mol. The van der Waals surface area contributed by atoms with Crippen LogP contribution >= 0.6 is 0 Å². The predicted molar refractivity (Wildman–Crippen MR) is 82.7 cm³/mol. The SMILES string of the molecule is CCCCCc1ccc(OC(=O)Oc2ccc(F)cc2)cc1. The molecule has 0 fully saturated rings.